The molecule has 0 spiro atoms. The molecule has 0 saturated heterocycles. The lowest BCUT2D eigenvalue weighted by molar-refractivity contribution is 0.141. The molecular formula is C23H26N4O2S2. The molecule has 3 heterocycles. The number of hydrogen-bond acceptors (Lipinski definition) is 6. The third-order valence-electron chi connectivity index (χ3n) is 5.28. The van der Waals surface area contributed by atoms with Crippen LogP contribution in [0.5, 0.6) is 0 Å². The number of nitrogens with one attached hydrogen (secondary N) is 1. The summed E-state index contributed by atoms with van der Waals surface area (Å²) < 4.78 is 11.3. The van der Waals surface area contributed by atoms with E-state index in [1.54, 1.807) is 11.3 Å². The fourth-order valence-corrected chi connectivity index (χ4v) is 4.64. The average molecular weight is 455 g/mol. The Morgan fingerprint density at radius 1 is 1.23 bits per heavy atom. The van der Waals surface area contributed by atoms with Crippen molar-refractivity contribution in [3.05, 3.63) is 64.5 Å². The van der Waals surface area contributed by atoms with Gasteiger partial charge in [0.15, 0.2) is 5.11 Å². The fraction of sp³-hybridized carbons (Fsp3) is 0.348. The van der Waals surface area contributed by atoms with E-state index in [-0.39, 0.29) is 6.04 Å². The van der Waals surface area contributed by atoms with Gasteiger partial charge in [0, 0.05) is 25.5 Å². The first kappa shape index (κ1) is 21.7. The lowest BCUT2D eigenvalue weighted by Gasteiger charge is -2.37. The summed E-state index contributed by atoms with van der Waals surface area (Å²) in [6.45, 7) is 8.32. The van der Waals surface area contributed by atoms with Crippen LogP contribution in [0.1, 0.15) is 43.3 Å². The predicted molar refractivity (Wildman–Crippen MR) is 128 cm³/mol. The SMILES string of the molecule is CCOCCCN1C(=S)NC(c2ccc(C)cc2)C(c2nc(-c3cccs3)no2)=C1C. The Hall–Kier alpha value is -2.55. The summed E-state index contributed by atoms with van der Waals surface area (Å²) in [7, 11) is 0. The van der Waals surface area contributed by atoms with E-state index in [4.69, 9.17) is 26.5 Å². The first-order valence-corrected chi connectivity index (χ1v) is 11.7. The predicted octanol–water partition coefficient (Wildman–Crippen LogP) is 5.20. The molecule has 1 N–H and O–H groups in total. The Kier molecular flexibility index (Phi) is 6.80. The van der Waals surface area contributed by atoms with Crippen molar-refractivity contribution in [2.75, 3.05) is 19.8 Å². The molecule has 1 unspecified atom stereocenters. The molecule has 1 atom stereocenters. The van der Waals surface area contributed by atoms with Gasteiger partial charge >= 0.3 is 0 Å². The van der Waals surface area contributed by atoms with Crippen molar-refractivity contribution in [3.63, 3.8) is 0 Å². The second-order valence-corrected chi connectivity index (χ2v) is 8.73. The average Bonchev–Trinajstić information content (AvgIpc) is 3.45. The van der Waals surface area contributed by atoms with E-state index in [1.165, 1.54) is 5.56 Å². The lowest BCUT2D eigenvalue weighted by Crippen LogP contribution is -2.46. The van der Waals surface area contributed by atoms with Gasteiger partial charge in [-0.3, -0.25) is 0 Å². The number of hydrogen-bond donors (Lipinski definition) is 1. The molecule has 4 rings (SSSR count). The van der Waals surface area contributed by atoms with Crippen LogP contribution in [0.15, 0.2) is 52.0 Å². The molecule has 0 bridgehead atoms. The molecule has 1 aromatic carbocycles. The molecule has 0 fully saturated rings. The molecule has 0 amide bonds. The van der Waals surface area contributed by atoms with Gasteiger partial charge in [-0.15, -0.1) is 11.3 Å². The maximum Gasteiger partial charge on any atom is 0.258 e. The van der Waals surface area contributed by atoms with Gasteiger partial charge in [0.1, 0.15) is 0 Å². The molecule has 6 nitrogen and oxygen atoms in total. The summed E-state index contributed by atoms with van der Waals surface area (Å²) in [4.78, 5) is 7.81. The fourth-order valence-electron chi connectivity index (χ4n) is 3.64. The van der Waals surface area contributed by atoms with Gasteiger partial charge in [-0.25, -0.2) is 0 Å². The van der Waals surface area contributed by atoms with Gasteiger partial charge in [0.25, 0.3) is 5.89 Å². The molecule has 31 heavy (non-hydrogen) atoms. The van der Waals surface area contributed by atoms with Gasteiger partial charge in [-0.05, 0) is 56.4 Å². The van der Waals surface area contributed by atoms with Crippen LogP contribution in [-0.4, -0.2) is 39.9 Å². The van der Waals surface area contributed by atoms with Gasteiger partial charge in [0.05, 0.1) is 16.5 Å². The quantitative estimate of drug-likeness (QED) is 0.371. The minimum Gasteiger partial charge on any atom is -0.382 e. The van der Waals surface area contributed by atoms with E-state index >= 15 is 0 Å². The summed E-state index contributed by atoms with van der Waals surface area (Å²) >= 11 is 7.32. The van der Waals surface area contributed by atoms with E-state index in [1.807, 2.05) is 24.4 Å². The summed E-state index contributed by atoms with van der Waals surface area (Å²) in [6.07, 6.45) is 0.875. The van der Waals surface area contributed by atoms with Crippen molar-refractivity contribution in [2.24, 2.45) is 0 Å². The molecule has 8 heteroatoms. The van der Waals surface area contributed by atoms with E-state index < -0.39 is 0 Å². The van der Waals surface area contributed by atoms with Crippen LogP contribution < -0.4 is 5.32 Å². The largest absolute Gasteiger partial charge is 0.382 e. The minimum absolute atomic E-state index is 0.159. The smallest absolute Gasteiger partial charge is 0.258 e. The molecule has 0 aliphatic carbocycles. The normalized spacial score (nSPS) is 16.7. The molecule has 1 aliphatic rings. The maximum absolute atomic E-state index is 5.75. The Morgan fingerprint density at radius 3 is 2.74 bits per heavy atom. The highest BCUT2D eigenvalue weighted by atomic mass is 32.1. The first-order valence-electron chi connectivity index (χ1n) is 10.4. The summed E-state index contributed by atoms with van der Waals surface area (Å²) in [5, 5.41) is 10.4. The Balaban J connectivity index is 1.72. The van der Waals surface area contributed by atoms with Crippen molar-refractivity contribution < 1.29 is 9.26 Å². The number of ether oxygens (including phenoxy) is 1. The van der Waals surface area contributed by atoms with Crippen LogP contribution in [0, 0.1) is 6.92 Å². The topological polar surface area (TPSA) is 63.4 Å². The van der Waals surface area contributed by atoms with E-state index in [2.05, 4.69) is 53.5 Å². The van der Waals surface area contributed by atoms with Crippen molar-refractivity contribution in [3.8, 4) is 10.7 Å². The van der Waals surface area contributed by atoms with E-state index in [0.29, 0.717) is 30.0 Å². The lowest BCUT2D eigenvalue weighted by atomic mass is 9.94. The van der Waals surface area contributed by atoms with Crippen molar-refractivity contribution in [2.45, 2.75) is 33.2 Å². The highest BCUT2D eigenvalue weighted by Gasteiger charge is 2.33. The van der Waals surface area contributed by atoms with Crippen LogP contribution in [0.25, 0.3) is 16.3 Å². The molecular weight excluding hydrogens is 428 g/mol. The third kappa shape index (κ3) is 4.71. The molecule has 0 saturated carbocycles. The maximum atomic E-state index is 5.75. The first-order chi connectivity index (χ1) is 15.1. The van der Waals surface area contributed by atoms with E-state index in [9.17, 15) is 0 Å². The number of benzene rings is 1. The molecule has 1 aliphatic heterocycles. The molecule has 0 radical (unpaired) electrons. The van der Waals surface area contributed by atoms with Crippen molar-refractivity contribution in [1.82, 2.24) is 20.4 Å². The highest BCUT2D eigenvalue weighted by molar-refractivity contribution is 7.80. The molecule has 3 aromatic rings. The van der Waals surface area contributed by atoms with Crippen molar-refractivity contribution in [1.29, 1.82) is 0 Å². The molecule has 162 valence electrons. The number of rotatable bonds is 8. The standard InChI is InChI=1S/C23H26N4O2S2/c1-4-28-13-6-12-27-16(3)19(22-25-21(26-29-22)18-7-5-14-31-18)20(24-23(27)30)17-10-8-15(2)9-11-17/h5,7-11,14,20H,4,6,12-13H2,1-3H3,(H,24,30). The summed E-state index contributed by atoms with van der Waals surface area (Å²) in [5.41, 5.74) is 4.28. The van der Waals surface area contributed by atoms with Crippen LogP contribution >= 0.6 is 23.6 Å². The minimum atomic E-state index is -0.159. The van der Waals surface area contributed by atoms with Gasteiger partial charge in [-0.2, -0.15) is 4.98 Å². The zero-order chi connectivity index (χ0) is 21.8. The zero-order valence-corrected chi connectivity index (χ0v) is 19.6. The summed E-state index contributed by atoms with van der Waals surface area (Å²) in [6, 6.07) is 12.3. The number of thiophene rings is 1. The number of aromatic nitrogens is 2. The molecule has 2 aromatic heterocycles. The van der Waals surface area contributed by atoms with Gasteiger partial charge < -0.3 is 19.5 Å². The number of thiocarbonyl (C=S) groups is 1. The van der Waals surface area contributed by atoms with Crippen molar-refractivity contribution >= 4 is 34.2 Å². The Morgan fingerprint density at radius 2 is 2.03 bits per heavy atom. The van der Waals surface area contributed by atoms with E-state index in [0.717, 1.165) is 34.7 Å². The Labute approximate surface area is 191 Å². The van der Waals surface area contributed by atoms with Crippen LogP contribution in [0.3, 0.4) is 0 Å². The second kappa shape index (κ2) is 9.72. The number of nitrogens with zero attached hydrogens (tertiary/aromatic N) is 3. The number of aryl methyl sites for hydroxylation is 1. The van der Waals surface area contributed by atoms with Gasteiger partial charge in [-0.1, -0.05) is 41.1 Å². The van der Waals surface area contributed by atoms with Crippen LogP contribution in [-0.2, 0) is 4.74 Å². The number of allylic oxidation sites excluding steroid dienone is 1. The highest BCUT2D eigenvalue weighted by Crippen LogP contribution is 2.37. The third-order valence-corrected chi connectivity index (χ3v) is 6.48. The van der Waals surface area contributed by atoms with Crippen LogP contribution in [0.4, 0.5) is 0 Å². The van der Waals surface area contributed by atoms with Crippen LogP contribution in [0.2, 0.25) is 0 Å². The zero-order valence-electron chi connectivity index (χ0n) is 17.9. The van der Waals surface area contributed by atoms with Gasteiger partial charge in [0.2, 0.25) is 5.82 Å². The second-order valence-electron chi connectivity index (χ2n) is 7.39. The summed E-state index contributed by atoms with van der Waals surface area (Å²) in [5.74, 6) is 1.11. The Bertz CT molecular complexity index is 1060. The monoisotopic (exact) mass is 454 g/mol.